The molecule has 2 aromatic rings. The van der Waals surface area contributed by atoms with Gasteiger partial charge in [0.05, 0.1) is 23.4 Å². The zero-order valence-corrected chi connectivity index (χ0v) is 21.0. The van der Waals surface area contributed by atoms with E-state index in [4.69, 9.17) is 16.3 Å². The predicted molar refractivity (Wildman–Crippen MR) is 123 cm³/mol. The number of rotatable bonds is 8. The summed E-state index contributed by atoms with van der Waals surface area (Å²) in [5, 5.41) is 38.6. The maximum Gasteiger partial charge on any atom is 0.346 e. The third-order valence-corrected chi connectivity index (χ3v) is 11.2. The number of fused-ring (bicyclic) bond motifs is 1. The third kappa shape index (κ3) is 5.33. The lowest BCUT2D eigenvalue weighted by atomic mass is 10.1. The molecule has 4 rings (SSSR count). The highest BCUT2D eigenvalue weighted by Gasteiger charge is 2.51. The average molecular weight is 556 g/mol. The zero-order chi connectivity index (χ0) is 25.7. The second kappa shape index (κ2) is 9.80. The topological polar surface area (TPSA) is 217 Å². The van der Waals surface area contributed by atoms with Crippen molar-refractivity contribution in [2.75, 3.05) is 11.1 Å². The van der Waals surface area contributed by atoms with E-state index >= 15 is 0 Å². The largest absolute Gasteiger partial charge is 0.391 e. The van der Waals surface area contributed by atoms with Gasteiger partial charge >= 0.3 is 7.60 Å². The summed E-state index contributed by atoms with van der Waals surface area (Å²) < 4.78 is 43.8. The summed E-state index contributed by atoms with van der Waals surface area (Å²) >= 11 is 6.10. The van der Waals surface area contributed by atoms with Gasteiger partial charge in [-0.05, 0) is 31.4 Å². The fourth-order valence-corrected chi connectivity index (χ4v) is 8.84. The molecular weight excluding hydrogens is 529 g/mol. The SMILES string of the molecule is CC(O)C(P(=O)(O)O)S(=O)(=O)C[C@H]1O[C@@H](n2ncc3c(NC4CCCC4)nc(Cl)nc32)[C@H](O)[C@@H]1O. The Morgan fingerprint density at radius 1 is 1.26 bits per heavy atom. The first-order valence-corrected chi connectivity index (χ1v) is 14.7. The van der Waals surface area contributed by atoms with Crippen LogP contribution in [0.25, 0.3) is 11.0 Å². The summed E-state index contributed by atoms with van der Waals surface area (Å²) in [6.07, 6.45) is -2.71. The van der Waals surface area contributed by atoms with Crippen molar-refractivity contribution in [3.8, 4) is 0 Å². The first-order chi connectivity index (χ1) is 16.3. The van der Waals surface area contributed by atoms with Gasteiger partial charge in [-0.3, -0.25) is 4.57 Å². The number of hydrogen-bond donors (Lipinski definition) is 6. The Bertz CT molecular complexity index is 1230. The lowest BCUT2D eigenvalue weighted by Gasteiger charge is -2.23. The summed E-state index contributed by atoms with van der Waals surface area (Å²) in [5.74, 6) is -0.627. The molecule has 6 N–H and O–H groups in total. The van der Waals surface area contributed by atoms with Crippen LogP contribution in [-0.2, 0) is 19.1 Å². The Morgan fingerprint density at radius 3 is 2.51 bits per heavy atom. The number of halogens is 1. The maximum absolute atomic E-state index is 12.7. The van der Waals surface area contributed by atoms with E-state index in [1.807, 2.05) is 0 Å². The van der Waals surface area contributed by atoms with E-state index in [1.165, 1.54) is 6.20 Å². The predicted octanol–water partition coefficient (Wildman–Crippen LogP) is -0.247. The van der Waals surface area contributed by atoms with Crippen molar-refractivity contribution < 1.29 is 42.8 Å². The van der Waals surface area contributed by atoms with Gasteiger partial charge in [0.25, 0.3) is 0 Å². The normalized spacial score (nSPS) is 28.0. The van der Waals surface area contributed by atoms with Crippen LogP contribution in [0.2, 0.25) is 5.28 Å². The van der Waals surface area contributed by atoms with Crippen LogP contribution >= 0.6 is 19.2 Å². The van der Waals surface area contributed by atoms with Crippen LogP contribution in [0.4, 0.5) is 5.82 Å². The minimum atomic E-state index is -5.26. The Labute approximate surface area is 205 Å². The molecule has 1 saturated carbocycles. The van der Waals surface area contributed by atoms with Crippen molar-refractivity contribution in [1.29, 1.82) is 0 Å². The van der Waals surface area contributed by atoms with Gasteiger partial charge < -0.3 is 35.2 Å². The molecule has 0 radical (unpaired) electrons. The molecule has 1 aliphatic heterocycles. The number of anilines is 1. The minimum Gasteiger partial charge on any atom is -0.391 e. The van der Waals surface area contributed by atoms with Crippen molar-refractivity contribution in [2.24, 2.45) is 0 Å². The molecule has 196 valence electrons. The maximum atomic E-state index is 12.7. The lowest BCUT2D eigenvalue weighted by Crippen LogP contribution is -2.41. The molecule has 0 amide bonds. The minimum absolute atomic E-state index is 0.103. The van der Waals surface area contributed by atoms with Crippen LogP contribution in [-0.4, -0.2) is 94.5 Å². The van der Waals surface area contributed by atoms with Gasteiger partial charge in [0.1, 0.15) is 24.1 Å². The van der Waals surface area contributed by atoms with Crippen LogP contribution in [0.3, 0.4) is 0 Å². The van der Waals surface area contributed by atoms with E-state index in [0.717, 1.165) is 37.3 Å². The van der Waals surface area contributed by atoms with Crippen LogP contribution in [0.1, 0.15) is 38.8 Å². The van der Waals surface area contributed by atoms with Crippen LogP contribution in [0, 0.1) is 0 Å². The molecule has 17 heteroatoms. The first kappa shape index (κ1) is 26.6. The molecule has 2 aromatic heterocycles. The molecule has 3 heterocycles. The van der Waals surface area contributed by atoms with Gasteiger partial charge in [0.15, 0.2) is 26.7 Å². The summed E-state index contributed by atoms with van der Waals surface area (Å²) in [7, 11) is -9.94. The summed E-state index contributed by atoms with van der Waals surface area (Å²) in [6.45, 7) is 0.932. The number of sulfone groups is 1. The Morgan fingerprint density at radius 2 is 1.91 bits per heavy atom. The van der Waals surface area contributed by atoms with Gasteiger partial charge in [0, 0.05) is 6.04 Å². The summed E-state index contributed by atoms with van der Waals surface area (Å²) in [6, 6.07) is 0.202. The smallest absolute Gasteiger partial charge is 0.346 e. The molecule has 1 aliphatic carbocycles. The summed E-state index contributed by atoms with van der Waals surface area (Å²) in [5.41, 5.74) is 0.169. The van der Waals surface area contributed by atoms with Gasteiger partial charge in [-0.15, -0.1) is 0 Å². The number of aliphatic hydroxyl groups excluding tert-OH is 3. The average Bonchev–Trinajstić information content (AvgIpc) is 3.43. The summed E-state index contributed by atoms with van der Waals surface area (Å²) in [4.78, 5) is 24.8. The van der Waals surface area contributed by atoms with E-state index in [0.29, 0.717) is 11.2 Å². The lowest BCUT2D eigenvalue weighted by molar-refractivity contribution is -0.0365. The van der Waals surface area contributed by atoms with Crippen molar-refractivity contribution in [1.82, 2.24) is 19.7 Å². The first-order valence-electron chi connectivity index (χ1n) is 10.9. The molecular formula is C18H27ClN5O9PS. The van der Waals surface area contributed by atoms with Gasteiger partial charge in [-0.1, -0.05) is 12.8 Å². The number of nitrogens with one attached hydrogen (secondary N) is 1. The quantitative estimate of drug-likeness (QED) is 0.183. The molecule has 35 heavy (non-hydrogen) atoms. The number of nitrogens with zero attached hydrogens (tertiary/aromatic N) is 4. The number of hydrogen-bond acceptors (Lipinski definition) is 11. The molecule has 0 bridgehead atoms. The van der Waals surface area contributed by atoms with Crippen molar-refractivity contribution >= 4 is 45.9 Å². The molecule has 2 unspecified atom stereocenters. The standard InChI is InChI=1S/C18H27ClN5O9PS/c1-8(25)17(34(28,29)30)35(31,32)7-11-12(26)13(27)16(33-11)24-15-10(6-20-24)14(22-18(19)23-15)21-9-4-2-3-5-9/h6,8-9,11-13,16-17,25-27H,2-5,7H2,1H3,(H,21,22,23)(H2,28,29,30)/t8?,11-,12-,13-,16-,17?/m1/s1. The van der Waals surface area contributed by atoms with E-state index < -0.39 is 58.8 Å². The van der Waals surface area contributed by atoms with Gasteiger partial charge in [0.2, 0.25) is 5.28 Å². The monoisotopic (exact) mass is 555 g/mol. The number of aliphatic hydroxyl groups is 3. The van der Waals surface area contributed by atoms with E-state index in [-0.39, 0.29) is 17.0 Å². The van der Waals surface area contributed by atoms with E-state index in [9.17, 15) is 38.1 Å². The number of ether oxygens (including phenoxy) is 1. The Balaban J connectivity index is 1.61. The van der Waals surface area contributed by atoms with E-state index in [2.05, 4.69) is 20.4 Å². The molecule has 0 spiro atoms. The van der Waals surface area contributed by atoms with Crippen LogP contribution < -0.4 is 5.32 Å². The van der Waals surface area contributed by atoms with Gasteiger partial charge in [-0.2, -0.15) is 15.1 Å². The second-order valence-corrected chi connectivity index (χ2v) is 13.5. The number of aromatic nitrogens is 4. The highest BCUT2D eigenvalue weighted by Crippen LogP contribution is 2.47. The second-order valence-electron chi connectivity index (χ2n) is 8.89. The highest BCUT2D eigenvalue weighted by molar-refractivity contribution is 7.98. The molecule has 6 atom stereocenters. The molecule has 1 saturated heterocycles. The Kier molecular flexibility index (Phi) is 7.46. The fraction of sp³-hybridized carbons (Fsp3) is 0.722. The van der Waals surface area contributed by atoms with E-state index in [1.54, 1.807) is 0 Å². The van der Waals surface area contributed by atoms with Crippen LogP contribution in [0.15, 0.2) is 6.20 Å². The van der Waals surface area contributed by atoms with Crippen molar-refractivity contribution in [3.05, 3.63) is 11.5 Å². The molecule has 2 fully saturated rings. The third-order valence-electron chi connectivity index (χ3n) is 6.21. The molecule has 2 aliphatic rings. The fourth-order valence-electron chi connectivity index (χ4n) is 4.65. The van der Waals surface area contributed by atoms with Crippen LogP contribution in [0.5, 0.6) is 0 Å². The van der Waals surface area contributed by atoms with Gasteiger partial charge in [-0.25, -0.2) is 13.1 Å². The van der Waals surface area contributed by atoms with Crippen molar-refractivity contribution in [3.63, 3.8) is 0 Å². The van der Waals surface area contributed by atoms with Crippen molar-refractivity contribution in [2.45, 2.75) is 74.3 Å². The zero-order valence-electron chi connectivity index (χ0n) is 18.5. The highest BCUT2D eigenvalue weighted by atomic mass is 35.5. The molecule has 0 aromatic carbocycles. The Hall–Kier alpha value is -1.42. The molecule has 14 nitrogen and oxygen atoms in total.